The Balaban J connectivity index is 1.18. The highest BCUT2D eigenvalue weighted by Crippen LogP contribution is 2.30. The minimum absolute atomic E-state index is 0.107. The average molecular weight is 569 g/mol. The molecule has 5 rings (SSSR count). The van der Waals surface area contributed by atoms with E-state index in [2.05, 4.69) is 40.2 Å². The third-order valence-corrected chi connectivity index (χ3v) is 7.93. The van der Waals surface area contributed by atoms with Crippen LogP contribution in [-0.4, -0.2) is 59.2 Å². The molecule has 2 atom stereocenters. The number of nitrogens with two attached hydrogens (primary N) is 2. The Bertz CT molecular complexity index is 1500. The third-order valence-electron chi connectivity index (χ3n) is 7.93. The number of carbonyl (C=O) groups is 2. The van der Waals surface area contributed by atoms with E-state index in [4.69, 9.17) is 21.2 Å². The number of amides is 3. The van der Waals surface area contributed by atoms with E-state index in [1.165, 1.54) is 0 Å². The Morgan fingerprint density at radius 1 is 1.05 bits per heavy atom. The zero-order valence-electron chi connectivity index (χ0n) is 24.2. The van der Waals surface area contributed by atoms with Gasteiger partial charge in [-0.15, -0.1) is 0 Å². The molecule has 0 bridgehead atoms. The maximum atomic E-state index is 13.3. The van der Waals surface area contributed by atoms with Gasteiger partial charge in [0.2, 0.25) is 5.91 Å². The summed E-state index contributed by atoms with van der Waals surface area (Å²) in [6.07, 6.45) is 3.82. The van der Waals surface area contributed by atoms with Crippen molar-refractivity contribution in [3.8, 4) is 11.1 Å². The molecule has 3 amide bonds. The first kappa shape index (κ1) is 29.3. The Kier molecular flexibility index (Phi) is 9.51. The van der Waals surface area contributed by atoms with Gasteiger partial charge in [0.1, 0.15) is 5.82 Å². The lowest BCUT2D eigenvalue weighted by molar-refractivity contribution is -0.132. The van der Waals surface area contributed by atoms with E-state index in [0.717, 1.165) is 65.9 Å². The fourth-order valence-corrected chi connectivity index (χ4v) is 5.87. The number of methoxy groups -OCH3 is 1. The number of para-hydroxylation sites is 2. The van der Waals surface area contributed by atoms with Crippen molar-refractivity contribution in [1.29, 1.82) is 0 Å². The van der Waals surface area contributed by atoms with Crippen molar-refractivity contribution in [3.05, 3.63) is 84.2 Å². The highest BCUT2D eigenvalue weighted by Gasteiger charge is 2.29. The molecule has 4 aromatic rings. The number of ether oxygens (including phenoxy) is 1. The minimum atomic E-state index is -0.586. The largest absolute Gasteiger partial charge is 0.385 e. The van der Waals surface area contributed by atoms with Crippen molar-refractivity contribution in [3.63, 3.8) is 0 Å². The van der Waals surface area contributed by atoms with Crippen LogP contribution in [0.2, 0.25) is 0 Å². The molecule has 1 aliphatic rings. The van der Waals surface area contributed by atoms with Crippen LogP contribution in [0.3, 0.4) is 0 Å². The number of nitrogens with zero attached hydrogens (tertiary/aromatic N) is 3. The number of aromatic nitrogens is 2. The number of likely N-dealkylation sites (tertiary alicyclic amines) is 1. The van der Waals surface area contributed by atoms with Gasteiger partial charge in [-0.05, 0) is 66.6 Å². The molecular weight excluding hydrogens is 528 g/mol. The van der Waals surface area contributed by atoms with Gasteiger partial charge < -0.3 is 31.0 Å². The van der Waals surface area contributed by atoms with Gasteiger partial charge in [0, 0.05) is 57.4 Å². The first-order chi connectivity index (χ1) is 20.4. The number of urea groups is 1. The number of piperidine rings is 1. The summed E-state index contributed by atoms with van der Waals surface area (Å²) in [5.74, 6) is 1.37. The lowest BCUT2D eigenvalue weighted by Crippen LogP contribution is -2.42. The van der Waals surface area contributed by atoms with Crippen LogP contribution in [0.15, 0.2) is 72.8 Å². The fourth-order valence-electron chi connectivity index (χ4n) is 5.87. The van der Waals surface area contributed by atoms with Gasteiger partial charge in [0.25, 0.3) is 0 Å². The van der Waals surface area contributed by atoms with E-state index in [0.29, 0.717) is 31.7 Å². The van der Waals surface area contributed by atoms with Crippen LogP contribution in [0.25, 0.3) is 22.2 Å². The first-order valence-corrected chi connectivity index (χ1v) is 14.6. The molecule has 0 saturated carbocycles. The normalized spacial score (nSPS) is 16.0. The maximum absolute atomic E-state index is 13.3. The summed E-state index contributed by atoms with van der Waals surface area (Å²) < 4.78 is 7.61. The van der Waals surface area contributed by atoms with Gasteiger partial charge in [0.05, 0.1) is 11.0 Å². The molecule has 1 fully saturated rings. The average Bonchev–Trinajstić information content (AvgIpc) is 3.36. The Hall–Kier alpha value is -4.21. The molecule has 3 aromatic carbocycles. The van der Waals surface area contributed by atoms with Crippen LogP contribution in [0.4, 0.5) is 10.5 Å². The van der Waals surface area contributed by atoms with Crippen molar-refractivity contribution >= 4 is 28.7 Å². The van der Waals surface area contributed by atoms with Crippen molar-refractivity contribution in [2.45, 2.75) is 50.6 Å². The molecule has 5 N–H and O–H groups in total. The number of anilines is 1. The third kappa shape index (κ3) is 7.16. The number of fused-ring (bicyclic) bond motifs is 1. The van der Waals surface area contributed by atoms with E-state index in [1.54, 1.807) is 7.11 Å². The minimum Gasteiger partial charge on any atom is -0.385 e. The lowest BCUT2D eigenvalue weighted by atomic mass is 9.95. The molecule has 1 saturated heterocycles. The van der Waals surface area contributed by atoms with Gasteiger partial charge in [-0.3, -0.25) is 4.79 Å². The van der Waals surface area contributed by atoms with E-state index in [1.807, 2.05) is 47.4 Å². The molecule has 42 heavy (non-hydrogen) atoms. The van der Waals surface area contributed by atoms with Crippen LogP contribution < -0.4 is 16.8 Å². The summed E-state index contributed by atoms with van der Waals surface area (Å²) in [5.41, 5.74) is 17.6. The number of rotatable bonds is 11. The molecule has 220 valence electrons. The van der Waals surface area contributed by atoms with Crippen LogP contribution in [0, 0.1) is 0 Å². The summed E-state index contributed by atoms with van der Waals surface area (Å²) >= 11 is 0. The van der Waals surface area contributed by atoms with Crippen LogP contribution in [0.1, 0.15) is 43.0 Å². The van der Waals surface area contributed by atoms with Crippen molar-refractivity contribution < 1.29 is 14.3 Å². The summed E-state index contributed by atoms with van der Waals surface area (Å²) in [6, 6.07) is 23.1. The number of imidazole rings is 1. The van der Waals surface area contributed by atoms with Gasteiger partial charge in [-0.25, -0.2) is 9.78 Å². The highest BCUT2D eigenvalue weighted by molar-refractivity contribution is 5.88. The van der Waals surface area contributed by atoms with Gasteiger partial charge in [-0.2, -0.15) is 0 Å². The zero-order valence-corrected chi connectivity index (χ0v) is 24.2. The smallest absolute Gasteiger partial charge is 0.316 e. The number of aryl methyl sites for hydroxylation is 1. The Morgan fingerprint density at radius 3 is 2.48 bits per heavy atom. The molecule has 0 radical (unpaired) electrons. The molecule has 9 nitrogen and oxygen atoms in total. The molecule has 2 heterocycles. The fraction of sp³-hybridized carbons (Fsp3) is 0.364. The number of benzene rings is 3. The molecule has 9 heteroatoms. The zero-order chi connectivity index (χ0) is 29.5. The van der Waals surface area contributed by atoms with Crippen molar-refractivity contribution in [2.75, 3.05) is 32.1 Å². The maximum Gasteiger partial charge on any atom is 0.316 e. The van der Waals surface area contributed by atoms with E-state index >= 15 is 0 Å². The molecule has 0 spiro atoms. The lowest BCUT2D eigenvalue weighted by Gasteiger charge is -2.33. The molecular formula is C33H40N6O3. The molecule has 1 aromatic heterocycles. The first-order valence-electron chi connectivity index (χ1n) is 14.6. The summed E-state index contributed by atoms with van der Waals surface area (Å²) in [6.45, 7) is 2.97. The van der Waals surface area contributed by atoms with E-state index in [-0.39, 0.29) is 17.9 Å². The van der Waals surface area contributed by atoms with Crippen LogP contribution in [-0.2, 0) is 22.5 Å². The standard InChI is InChI=1S/C33H40N6O3/c1-42-19-5-18-39-30-8-3-2-7-29(30)37-32(39)26-6-4-17-38(22-26)31(40)21-27(34)20-23-9-11-24(12-10-23)25-13-15-28(16-14-25)36-33(35)41/h2-3,7-16,26-27H,4-6,17-22,34H2,1H3,(H3,35,36,41). The topological polar surface area (TPSA) is 128 Å². The van der Waals surface area contributed by atoms with Gasteiger partial charge in [-0.1, -0.05) is 48.5 Å². The Morgan fingerprint density at radius 2 is 1.76 bits per heavy atom. The number of hydrogen-bond donors (Lipinski definition) is 3. The second kappa shape index (κ2) is 13.6. The van der Waals surface area contributed by atoms with Gasteiger partial charge in [0.15, 0.2) is 0 Å². The summed E-state index contributed by atoms with van der Waals surface area (Å²) in [7, 11) is 1.73. The van der Waals surface area contributed by atoms with E-state index in [9.17, 15) is 9.59 Å². The predicted octanol–water partition coefficient (Wildman–Crippen LogP) is 4.90. The Labute approximate surface area is 246 Å². The highest BCUT2D eigenvalue weighted by atomic mass is 16.5. The number of primary amides is 1. The summed E-state index contributed by atoms with van der Waals surface area (Å²) in [5, 5.41) is 2.57. The van der Waals surface area contributed by atoms with Crippen molar-refractivity contribution in [2.24, 2.45) is 11.5 Å². The SMILES string of the molecule is COCCCn1c(C2CCCN(C(=O)CC(N)Cc3ccc(-c4ccc(NC(N)=O)cc4)cc3)C2)nc2ccccc21. The van der Waals surface area contributed by atoms with Gasteiger partial charge >= 0.3 is 6.03 Å². The second-order valence-corrected chi connectivity index (χ2v) is 11.1. The predicted molar refractivity (Wildman–Crippen MR) is 166 cm³/mol. The van der Waals surface area contributed by atoms with Crippen LogP contribution >= 0.6 is 0 Å². The molecule has 1 aliphatic heterocycles. The second-order valence-electron chi connectivity index (χ2n) is 11.1. The van der Waals surface area contributed by atoms with Crippen LogP contribution in [0.5, 0.6) is 0 Å². The molecule has 0 aliphatic carbocycles. The number of hydrogen-bond acceptors (Lipinski definition) is 5. The van der Waals surface area contributed by atoms with E-state index < -0.39 is 6.03 Å². The quantitative estimate of drug-likeness (QED) is 0.222. The number of carbonyl (C=O) groups excluding carboxylic acids is 2. The molecule has 2 unspecified atom stereocenters. The number of nitrogens with one attached hydrogen (secondary N) is 1. The monoisotopic (exact) mass is 568 g/mol. The summed E-state index contributed by atoms with van der Waals surface area (Å²) in [4.78, 5) is 31.4. The van der Waals surface area contributed by atoms with Crippen molar-refractivity contribution in [1.82, 2.24) is 14.5 Å².